The van der Waals surface area contributed by atoms with Crippen molar-refractivity contribution in [3.63, 3.8) is 0 Å². The van der Waals surface area contributed by atoms with E-state index in [4.69, 9.17) is 15.2 Å². The molecule has 0 spiro atoms. The SMILES string of the molecule is NC(=O)c1ccccc1OC1CCOCC1. The van der Waals surface area contributed by atoms with E-state index in [0.717, 1.165) is 12.8 Å². The molecule has 0 unspecified atom stereocenters. The molecule has 1 fully saturated rings. The van der Waals surface area contributed by atoms with Gasteiger partial charge in [-0.2, -0.15) is 0 Å². The van der Waals surface area contributed by atoms with E-state index in [1.54, 1.807) is 18.2 Å². The molecule has 1 aromatic carbocycles. The van der Waals surface area contributed by atoms with Crippen molar-refractivity contribution >= 4 is 5.91 Å². The number of amides is 1. The number of nitrogens with two attached hydrogens (primary N) is 1. The number of carbonyl (C=O) groups is 1. The third-order valence-electron chi connectivity index (χ3n) is 2.61. The first-order valence-electron chi connectivity index (χ1n) is 5.40. The summed E-state index contributed by atoms with van der Waals surface area (Å²) in [6.45, 7) is 1.42. The van der Waals surface area contributed by atoms with Crippen LogP contribution in [0.2, 0.25) is 0 Å². The van der Waals surface area contributed by atoms with Crippen LogP contribution < -0.4 is 10.5 Å². The Hall–Kier alpha value is -1.55. The highest BCUT2D eigenvalue weighted by Crippen LogP contribution is 2.21. The minimum absolute atomic E-state index is 0.120. The molecule has 0 saturated carbocycles. The van der Waals surface area contributed by atoms with Gasteiger partial charge in [-0.25, -0.2) is 0 Å². The van der Waals surface area contributed by atoms with Crippen molar-refractivity contribution in [1.82, 2.24) is 0 Å². The number of primary amides is 1. The third kappa shape index (κ3) is 2.52. The average Bonchev–Trinajstić information content (AvgIpc) is 2.31. The standard InChI is InChI=1S/C12H15NO3/c13-12(14)10-3-1-2-4-11(10)16-9-5-7-15-8-6-9/h1-4,9H,5-8H2,(H2,13,14). The minimum Gasteiger partial charge on any atom is -0.489 e. The molecule has 1 amide bonds. The van der Waals surface area contributed by atoms with Crippen LogP contribution in [0.5, 0.6) is 5.75 Å². The summed E-state index contributed by atoms with van der Waals surface area (Å²) in [5.41, 5.74) is 5.71. The Morgan fingerprint density at radius 2 is 2.00 bits per heavy atom. The fraction of sp³-hybridized carbons (Fsp3) is 0.417. The van der Waals surface area contributed by atoms with E-state index in [9.17, 15) is 4.79 Å². The Morgan fingerprint density at radius 3 is 2.69 bits per heavy atom. The van der Waals surface area contributed by atoms with Gasteiger partial charge in [0.2, 0.25) is 0 Å². The summed E-state index contributed by atoms with van der Waals surface area (Å²) in [5, 5.41) is 0. The van der Waals surface area contributed by atoms with E-state index in [1.807, 2.05) is 6.07 Å². The maximum atomic E-state index is 11.2. The van der Waals surface area contributed by atoms with E-state index >= 15 is 0 Å². The first kappa shape index (κ1) is 11.0. The number of para-hydroxylation sites is 1. The van der Waals surface area contributed by atoms with Gasteiger partial charge < -0.3 is 15.2 Å². The van der Waals surface area contributed by atoms with E-state index in [-0.39, 0.29) is 6.10 Å². The average molecular weight is 221 g/mol. The van der Waals surface area contributed by atoms with Crippen LogP contribution >= 0.6 is 0 Å². The summed E-state index contributed by atoms with van der Waals surface area (Å²) in [6, 6.07) is 7.06. The molecule has 0 atom stereocenters. The molecule has 4 nitrogen and oxygen atoms in total. The lowest BCUT2D eigenvalue weighted by molar-refractivity contribution is 0.0252. The van der Waals surface area contributed by atoms with Crippen molar-refractivity contribution in [3.05, 3.63) is 29.8 Å². The molecule has 16 heavy (non-hydrogen) atoms. The molecule has 0 radical (unpaired) electrons. The van der Waals surface area contributed by atoms with Gasteiger partial charge in [-0.05, 0) is 12.1 Å². The molecule has 4 heteroatoms. The summed E-state index contributed by atoms with van der Waals surface area (Å²) >= 11 is 0. The molecule has 1 heterocycles. The molecule has 1 aliphatic rings. The van der Waals surface area contributed by atoms with Crippen LogP contribution in [0.1, 0.15) is 23.2 Å². The number of ether oxygens (including phenoxy) is 2. The topological polar surface area (TPSA) is 61.6 Å². The largest absolute Gasteiger partial charge is 0.489 e. The molecule has 0 aromatic heterocycles. The second-order valence-corrected chi connectivity index (χ2v) is 3.79. The zero-order valence-corrected chi connectivity index (χ0v) is 9.02. The van der Waals surface area contributed by atoms with Crippen molar-refractivity contribution < 1.29 is 14.3 Å². The van der Waals surface area contributed by atoms with Gasteiger partial charge in [0.15, 0.2) is 0 Å². The quantitative estimate of drug-likeness (QED) is 0.837. The molecule has 86 valence electrons. The smallest absolute Gasteiger partial charge is 0.252 e. The molecule has 2 rings (SSSR count). The second-order valence-electron chi connectivity index (χ2n) is 3.79. The van der Waals surface area contributed by atoms with Crippen LogP contribution in [0, 0.1) is 0 Å². The number of benzene rings is 1. The number of rotatable bonds is 3. The van der Waals surface area contributed by atoms with E-state index in [0.29, 0.717) is 24.5 Å². The monoisotopic (exact) mass is 221 g/mol. The number of hydrogen-bond acceptors (Lipinski definition) is 3. The van der Waals surface area contributed by atoms with Crippen LogP contribution in [0.3, 0.4) is 0 Å². The highest BCUT2D eigenvalue weighted by molar-refractivity contribution is 5.95. The summed E-state index contributed by atoms with van der Waals surface area (Å²) in [4.78, 5) is 11.2. The number of hydrogen-bond donors (Lipinski definition) is 1. The second kappa shape index (κ2) is 4.99. The maximum Gasteiger partial charge on any atom is 0.252 e. The van der Waals surface area contributed by atoms with Gasteiger partial charge in [0.05, 0.1) is 18.8 Å². The molecule has 1 saturated heterocycles. The number of carbonyl (C=O) groups excluding carboxylic acids is 1. The maximum absolute atomic E-state index is 11.2. The Morgan fingerprint density at radius 1 is 1.31 bits per heavy atom. The lowest BCUT2D eigenvalue weighted by Crippen LogP contribution is -2.27. The lowest BCUT2D eigenvalue weighted by atomic mass is 10.1. The van der Waals surface area contributed by atoms with Crippen molar-refractivity contribution in [2.24, 2.45) is 5.73 Å². The van der Waals surface area contributed by atoms with Gasteiger partial charge in [0, 0.05) is 12.8 Å². The minimum atomic E-state index is -0.456. The van der Waals surface area contributed by atoms with E-state index < -0.39 is 5.91 Å². The Kier molecular flexibility index (Phi) is 3.41. The highest BCUT2D eigenvalue weighted by atomic mass is 16.5. The molecule has 0 bridgehead atoms. The summed E-state index contributed by atoms with van der Waals surface area (Å²) in [7, 11) is 0. The Balaban J connectivity index is 2.10. The predicted molar refractivity (Wildman–Crippen MR) is 59.4 cm³/mol. The first-order valence-corrected chi connectivity index (χ1v) is 5.40. The normalized spacial score (nSPS) is 17.0. The Labute approximate surface area is 94.3 Å². The molecule has 1 aromatic rings. The van der Waals surface area contributed by atoms with Crippen LogP contribution in [0.25, 0.3) is 0 Å². The molecule has 0 aliphatic carbocycles. The van der Waals surface area contributed by atoms with Crippen LogP contribution in [0.15, 0.2) is 24.3 Å². The lowest BCUT2D eigenvalue weighted by Gasteiger charge is -2.24. The van der Waals surface area contributed by atoms with Gasteiger partial charge in [-0.1, -0.05) is 12.1 Å². The van der Waals surface area contributed by atoms with Gasteiger partial charge in [0.25, 0.3) is 5.91 Å². The molecular weight excluding hydrogens is 206 g/mol. The highest BCUT2D eigenvalue weighted by Gasteiger charge is 2.17. The third-order valence-corrected chi connectivity index (χ3v) is 2.61. The molecule has 2 N–H and O–H groups in total. The van der Waals surface area contributed by atoms with E-state index in [1.165, 1.54) is 0 Å². The summed E-state index contributed by atoms with van der Waals surface area (Å²) in [6.07, 6.45) is 1.83. The Bertz CT molecular complexity index is 372. The van der Waals surface area contributed by atoms with Crippen LogP contribution in [0.4, 0.5) is 0 Å². The van der Waals surface area contributed by atoms with Gasteiger partial charge in [-0.3, -0.25) is 4.79 Å². The van der Waals surface area contributed by atoms with Gasteiger partial charge in [-0.15, -0.1) is 0 Å². The van der Waals surface area contributed by atoms with Crippen molar-refractivity contribution in [2.45, 2.75) is 18.9 Å². The van der Waals surface area contributed by atoms with Crippen LogP contribution in [-0.2, 0) is 4.74 Å². The van der Waals surface area contributed by atoms with Crippen molar-refractivity contribution in [1.29, 1.82) is 0 Å². The summed E-state index contributed by atoms with van der Waals surface area (Å²) in [5.74, 6) is 0.115. The van der Waals surface area contributed by atoms with Gasteiger partial charge in [0.1, 0.15) is 11.9 Å². The van der Waals surface area contributed by atoms with Gasteiger partial charge >= 0.3 is 0 Å². The first-order chi connectivity index (χ1) is 7.77. The summed E-state index contributed by atoms with van der Waals surface area (Å²) < 4.78 is 11.0. The van der Waals surface area contributed by atoms with Crippen molar-refractivity contribution in [3.8, 4) is 5.75 Å². The van der Waals surface area contributed by atoms with E-state index in [2.05, 4.69) is 0 Å². The zero-order valence-electron chi connectivity index (χ0n) is 9.02. The molecule has 1 aliphatic heterocycles. The van der Waals surface area contributed by atoms with Crippen molar-refractivity contribution in [2.75, 3.05) is 13.2 Å². The molecular formula is C12H15NO3. The van der Waals surface area contributed by atoms with Crippen LogP contribution in [-0.4, -0.2) is 25.2 Å². The zero-order chi connectivity index (χ0) is 11.4. The fourth-order valence-electron chi connectivity index (χ4n) is 1.75. The predicted octanol–water partition coefficient (Wildman–Crippen LogP) is 1.34. The fourth-order valence-corrected chi connectivity index (χ4v) is 1.75.